The maximum Gasteiger partial charge on any atom is 0.317 e. The van der Waals surface area contributed by atoms with Gasteiger partial charge in [-0.2, -0.15) is 0 Å². The highest BCUT2D eigenvalue weighted by molar-refractivity contribution is 7.07. The first-order valence-corrected chi connectivity index (χ1v) is 8.31. The van der Waals surface area contributed by atoms with E-state index < -0.39 is 6.10 Å². The second kappa shape index (κ2) is 6.93. The van der Waals surface area contributed by atoms with E-state index in [1.807, 2.05) is 5.38 Å². The molecule has 2 N–H and O–H groups in total. The van der Waals surface area contributed by atoms with Crippen molar-refractivity contribution in [1.82, 2.24) is 15.2 Å². The van der Waals surface area contributed by atoms with E-state index >= 15 is 0 Å². The molecule has 0 bridgehead atoms. The quantitative estimate of drug-likeness (QED) is 0.887. The first kappa shape index (κ1) is 15.1. The lowest BCUT2D eigenvalue weighted by molar-refractivity contribution is 0.108. The Labute approximate surface area is 132 Å². The Bertz CT molecular complexity index is 585. The van der Waals surface area contributed by atoms with Gasteiger partial charge in [-0.3, -0.25) is 0 Å². The van der Waals surface area contributed by atoms with Crippen molar-refractivity contribution in [2.75, 3.05) is 6.54 Å². The van der Waals surface area contributed by atoms with Gasteiger partial charge >= 0.3 is 6.03 Å². The molecule has 6 nitrogen and oxygen atoms in total. The summed E-state index contributed by atoms with van der Waals surface area (Å²) >= 11 is 1.51. The number of amides is 2. The van der Waals surface area contributed by atoms with Crippen LogP contribution in [-0.2, 0) is 6.54 Å². The van der Waals surface area contributed by atoms with Crippen LogP contribution in [0.5, 0.6) is 0 Å². The van der Waals surface area contributed by atoms with Crippen LogP contribution in [0.25, 0.3) is 0 Å². The molecule has 2 aromatic rings. The largest absolute Gasteiger partial charge is 0.467 e. The average Bonchev–Trinajstić information content (AvgIpc) is 3.25. The van der Waals surface area contributed by atoms with Crippen molar-refractivity contribution in [3.8, 4) is 0 Å². The Kier molecular flexibility index (Phi) is 4.74. The minimum absolute atomic E-state index is 0.0375. The van der Waals surface area contributed by atoms with Crippen LogP contribution >= 0.6 is 11.3 Å². The van der Waals surface area contributed by atoms with Gasteiger partial charge in [0.2, 0.25) is 0 Å². The van der Waals surface area contributed by atoms with E-state index in [9.17, 15) is 9.90 Å². The molecule has 2 aromatic heterocycles. The van der Waals surface area contributed by atoms with Gasteiger partial charge in [0.05, 0.1) is 24.0 Å². The number of thiazole rings is 1. The Morgan fingerprint density at radius 3 is 3.27 bits per heavy atom. The topological polar surface area (TPSA) is 78.6 Å². The molecule has 0 saturated carbocycles. The standard InChI is InChI=1S/C15H19N3O3S/c19-13(14-4-2-6-21-14)7-12-3-1-5-18(12)15(20)16-8-11-9-22-10-17-11/h2,4,6,9-10,12-13,19H,1,3,5,7-8H2,(H,16,20). The van der Waals surface area contributed by atoms with Crippen molar-refractivity contribution in [2.45, 2.75) is 38.0 Å². The fraction of sp³-hybridized carbons (Fsp3) is 0.467. The van der Waals surface area contributed by atoms with Crippen LogP contribution in [0.1, 0.15) is 36.8 Å². The summed E-state index contributed by atoms with van der Waals surface area (Å²) in [4.78, 5) is 18.3. The fourth-order valence-electron chi connectivity index (χ4n) is 2.80. The van der Waals surface area contributed by atoms with Crippen LogP contribution in [0.3, 0.4) is 0 Å². The van der Waals surface area contributed by atoms with E-state index in [1.165, 1.54) is 11.3 Å². The molecule has 0 radical (unpaired) electrons. The Morgan fingerprint density at radius 1 is 1.64 bits per heavy atom. The highest BCUT2D eigenvalue weighted by Gasteiger charge is 2.31. The van der Waals surface area contributed by atoms with Crippen LogP contribution in [0.2, 0.25) is 0 Å². The molecule has 1 fully saturated rings. The second-order valence-electron chi connectivity index (χ2n) is 5.39. The van der Waals surface area contributed by atoms with Gasteiger partial charge in [-0.1, -0.05) is 0 Å². The predicted octanol–water partition coefficient (Wildman–Crippen LogP) is 2.53. The molecule has 2 atom stereocenters. The number of carbonyl (C=O) groups is 1. The van der Waals surface area contributed by atoms with Crippen LogP contribution < -0.4 is 5.32 Å². The molecule has 3 heterocycles. The van der Waals surface area contributed by atoms with Gasteiger partial charge in [-0.05, 0) is 25.0 Å². The van der Waals surface area contributed by atoms with Gasteiger partial charge in [0, 0.05) is 24.4 Å². The third-order valence-electron chi connectivity index (χ3n) is 3.91. The minimum atomic E-state index is -0.674. The number of aromatic nitrogens is 1. The highest BCUT2D eigenvalue weighted by Crippen LogP contribution is 2.27. The molecule has 3 rings (SSSR count). The molecule has 0 spiro atoms. The normalized spacial score (nSPS) is 19.3. The summed E-state index contributed by atoms with van der Waals surface area (Å²) in [5, 5.41) is 15.0. The Balaban J connectivity index is 1.54. The molecular formula is C15H19N3O3S. The smallest absolute Gasteiger partial charge is 0.317 e. The summed E-state index contributed by atoms with van der Waals surface area (Å²) < 4.78 is 5.22. The van der Waals surface area contributed by atoms with Crippen molar-refractivity contribution in [3.05, 3.63) is 40.7 Å². The second-order valence-corrected chi connectivity index (χ2v) is 6.11. The summed E-state index contributed by atoms with van der Waals surface area (Å²) in [6, 6.07) is 3.45. The molecule has 1 saturated heterocycles. The monoisotopic (exact) mass is 321 g/mol. The molecule has 2 unspecified atom stereocenters. The molecule has 118 valence electrons. The van der Waals surface area contributed by atoms with Crippen LogP contribution in [0.4, 0.5) is 4.79 Å². The number of hydrogen-bond acceptors (Lipinski definition) is 5. The number of likely N-dealkylation sites (tertiary alicyclic amines) is 1. The fourth-order valence-corrected chi connectivity index (χ4v) is 3.35. The van der Waals surface area contributed by atoms with Gasteiger partial charge in [-0.25, -0.2) is 9.78 Å². The van der Waals surface area contributed by atoms with Gasteiger partial charge in [-0.15, -0.1) is 11.3 Å². The van der Waals surface area contributed by atoms with E-state index in [4.69, 9.17) is 4.42 Å². The van der Waals surface area contributed by atoms with Gasteiger partial charge < -0.3 is 19.7 Å². The molecule has 1 aliphatic rings. The minimum Gasteiger partial charge on any atom is -0.467 e. The maximum atomic E-state index is 12.3. The number of rotatable bonds is 5. The number of urea groups is 1. The van der Waals surface area contributed by atoms with E-state index in [0.29, 0.717) is 18.7 Å². The number of aliphatic hydroxyl groups is 1. The van der Waals surface area contributed by atoms with E-state index in [-0.39, 0.29) is 12.1 Å². The summed E-state index contributed by atoms with van der Waals surface area (Å²) in [5.74, 6) is 0.551. The first-order valence-electron chi connectivity index (χ1n) is 7.37. The zero-order valence-corrected chi connectivity index (χ0v) is 13.0. The molecular weight excluding hydrogens is 302 g/mol. The zero-order chi connectivity index (χ0) is 15.4. The molecule has 2 amide bonds. The number of hydrogen-bond donors (Lipinski definition) is 2. The molecule has 0 aromatic carbocycles. The first-order chi connectivity index (χ1) is 10.7. The maximum absolute atomic E-state index is 12.3. The molecule has 22 heavy (non-hydrogen) atoms. The van der Waals surface area contributed by atoms with Crippen molar-refractivity contribution in [2.24, 2.45) is 0 Å². The Hall–Kier alpha value is -1.86. The lowest BCUT2D eigenvalue weighted by Crippen LogP contribution is -2.43. The summed E-state index contributed by atoms with van der Waals surface area (Å²) in [5.41, 5.74) is 2.62. The summed E-state index contributed by atoms with van der Waals surface area (Å²) in [6.07, 6.45) is 3.23. The lowest BCUT2D eigenvalue weighted by atomic mass is 10.1. The third kappa shape index (κ3) is 3.48. The molecule has 7 heteroatoms. The van der Waals surface area contributed by atoms with Crippen molar-refractivity contribution in [1.29, 1.82) is 0 Å². The van der Waals surface area contributed by atoms with E-state index in [0.717, 1.165) is 25.1 Å². The van der Waals surface area contributed by atoms with E-state index in [2.05, 4.69) is 10.3 Å². The van der Waals surface area contributed by atoms with Crippen LogP contribution in [0.15, 0.2) is 33.7 Å². The van der Waals surface area contributed by atoms with Crippen LogP contribution in [0, 0.1) is 0 Å². The number of aliphatic hydroxyl groups excluding tert-OH is 1. The van der Waals surface area contributed by atoms with Gasteiger partial charge in [0.25, 0.3) is 0 Å². The van der Waals surface area contributed by atoms with E-state index in [1.54, 1.807) is 28.8 Å². The number of furan rings is 1. The van der Waals surface area contributed by atoms with Crippen molar-refractivity contribution in [3.63, 3.8) is 0 Å². The molecule has 1 aliphatic heterocycles. The lowest BCUT2D eigenvalue weighted by Gasteiger charge is -2.26. The number of carbonyl (C=O) groups excluding carboxylic acids is 1. The summed E-state index contributed by atoms with van der Waals surface area (Å²) in [7, 11) is 0. The van der Waals surface area contributed by atoms with Crippen molar-refractivity contribution >= 4 is 17.4 Å². The highest BCUT2D eigenvalue weighted by atomic mass is 32.1. The third-order valence-corrected chi connectivity index (χ3v) is 4.54. The zero-order valence-electron chi connectivity index (χ0n) is 12.1. The number of nitrogens with zero attached hydrogens (tertiary/aromatic N) is 2. The predicted molar refractivity (Wildman–Crippen MR) is 82.4 cm³/mol. The van der Waals surface area contributed by atoms with Crippen LogP contribution in [-0.4, -0.2) is 33.6 Å². The number of nitrogens with one attached hydrogen (secondary N) is 1. The average molecular weight is 321 g/mol. The van der Waals surface area contributed by atoms with Gasteiger partial charge in [0.1, 0.15) is 11.9 Å². The van der Waals surface area contributed by atoms with Crippen molar-refractivity contribution < 1.29 is 14.3 Å². The molecule has 0 aliphatic carbocycles. The Morgan fingerprint density at radius 2 is 2.55 bits per heavy atom. The SMILES string of the molecule is O=C(NCc1cscn1)N1CCCC1CC(O)c1ccco1. The summed E-state index contributed by atoms with van der Waals surface area (Å²) in [6.45, 7) is 1.16. The van der Waals surface area contributed by atoms with Gasteiger partial charge in [0.15, 0.2) is 0 Å².